The number of pyridine rings is 1. The summed E-state index contributed by atoms with van der Waals surface area (Å²) in [7, 11) is 0. The second kappa shape index (κ2) is 7.12. The third kappa shape index (κ3) is 3.90. The molecule has 3 rings (SSSR count). The maximum atomic E-state index is 12.0. The highest BCUT2D eigenvalue weighted by molar-refractivity contribution is 5.93. The molecule has 0 aliphatic carbocycles. The number of aryl methyl sites for hydroxylation is 1. The monoisotopic (exact) mass is 324 g/mol. The number of hydrogen-bond donors (Lipinski definition) is 3. The van der Waals surface area contributed by atoms with Gasteiger partial charge in [0.25, 0.3) is 0 Å². The number of benzene rings is 1. The van der Waals surface area contributed by atoms with Gasteiger partial charge in [-0.2, -0.15) is 0 Å². The maximum absolute atomic E-state index is 12.0. The van der Waals surface area contributed by atoms with Gasteiger partial charge in [0.1, 0.15) is 0 Å². The molecule has 3 N–H and O–H groups in total. The average molecular weight is 324 g/mol. The summed E-state index contributed by atoms with van der Waals surface area (Å²) >= 11 is 0. The van der Waals surface area contributed by atoms with Crippen LogP contribution in [0.5, 0.6) is 0 Å². The van der Waals surface area contributed by atoms with Crippen molar-refractivity contribution in [2.75, 3.05) is 5.32 Å². The lowest BCUT2D eigenvalue weighted by Gasteiger charge is -2.20. The van der Waals surface area contributed by atoms with Crippen LogP contribution in [0.3, 0.4) is 0 Å². The molecule has 2 aromatic rings. The first kappa shape index (κ1) is 16.0. The second-order valence-electron chi connectivity index (χ2n) is 5.83. The standard InChI is InChI=1S/C18H20N4O2/c1-12(21-18(24)20-11-15-4-2-3-9-19-15)13-5-7-16-14(10-13)6-8-17(23)22-16/h2-5,7,9-10,12H,6,8,11H2,1H3,(H,22,23)(H2,20,21,24)/t12-/m1/s1. The lowest BCUT2D eigenvalue weighted by Crippen LogP contribution is -2.36. The van der Waals surface area contributed by atoms with Crippen LogP contribution in [0.4, 0.5) is 10.5 Å². The van der Waals surface area contributed by atoms with Crippen molar-refractivity contribution in [1.82, 2.24) is 15.6 Å². The minimum Gasteiger partial charge on any atom is -0.332 e. The zero-order chi connectivity index (χ0) is 16.9. The van der Waals surface area contributed by atoms with Crippen LogP contribution >= 0.6 is 0 Å². The fourth-order valence-electron chi connectivity index (χ4n) is 2.68. The molecular weight excluding hydrogens is 304 g/mol. The number of nitrogens with zero attached hydrogens (tertiary/aromatic N) is 1. The Kier molecular flexibility index (Phi) is 4.74. The van der Waals surface area contributed by atoms with Crippen LogP contribution in [0.25, 0.3) is 0 Å². The Bertz CT molecular complexity index is 746. The summed E-state index contributed by atoms with van der Waals surface area (Å²) in [5.74, 6) is 0.0512. The lowest BCUT2D eigenvalue weighted by atomic mass is 9.98. The van der Waals surface area contributed by atoms with Crippen molar-refractivity contribution in [3.8, 4) is 0 Å². The largest absolute Gasteiger partial charge is 0.332 e. The van der Waals surface area contributed by atoms with Gasteiger partial charge in [-0.1, -0.05) is 18.2 Å². The van der Waals surface area contributed by atoms with E-state index in [-0.39, 0.29) is 18.0 Å². The van der Waals surface area contributed by atoms with E-state index in [1.54, 1.807) is 6.20 Å². The van der Waals surface area contributed by atoms with Crippen molar-refractivity contribution in [1.29, 1.82) is 0 Å². The van der Waals surface area contributed by atoms with Crippen molar-refractivity contribution in [2.45, 2.75) is 32.4 Å². The van der Waals surface area contributed by atoms with Crippen molar-refractivity contribution < 1.29 is 9.59 Å². The number of aromatic nitrogens is 1. The minimum absolute atomic E-state index is 0.0512. The first-order valence-electron chi connectivity index (χ1n) is 7.99. The molecule has 0 fully saturated rings. The molecule has 1 aromatic carbocycles. The highest BCUT2D eigenvalue weighted by atomic mass is 16.2. The molecular formula is C18H20N4O2. The van der Waals surface area contributed by atoms with Gasteiger partial charge in [-0.15, -0.1) is 0 Å². The van der Waals surface area contributed by atoms with E-state index in [1.807, 2.05) is 43.3 Å². The van der Waals surface area contributed by atoms with Gasteiger partial charge in [-0.05, 0) is 42.7 Å². The van der Waals surface area contributed by atoms with E-state index in [4.69, 9.17) is 0 Å². The number of amides is 3. The van der Waals surface area contributed by atoms with Gasteiger partial charge >= 0.3 is 6.03 Å². The van der Waals surface area contributed by atoms with E-state index in [2.05, 4.69) is 20.9 Å². The summed E-state index contributed by atoms with van der Waals surface area (Å²) in [6.07, 6.45) is 2.93. The van der Waals surface area contributed by atoms with Gasteiger partial charge in [-0.3, -0.25) is 9.78 Å². The van der Waals surface area contributed by atoms with Gasteiger partial charge in [0.05, 0.1) is 18.3 Å². The molecule has 6 heteroatoms. The molecule has 1 atom stereocenters. The molecule has 1 aromatic heterocycles. The van der Waals surface area contributed by atoms with Gasteiger partial charge in [0, 0.05) is 18.3 Å². The molecule has 0 saturated carbocycles. The van der Waals surface area contributed by atoms with E-state index in [0.29, 0.717) is 13.0 Å². The van der Waals surface area contributed by atoms with Gasteiger partial charge in [0.15, 0.2) is 0 Å². The van der Waals surface area contributed by atoms with Crippen LogP contribution in [0.15, 0.2) is 42.6 Å². The fourth-order valence-corrected chi connectivity index (χ4v) is 2.68. The molecule has 6 nitrogen and oxygen atoms in total. The molecule has 0 bridgehead atoms. The molecule has 2 heterocycles. The quantitative estimate of drug-likeness (QED) is 0.808. The van der Waals surface area contributed by atoms with Crippen LogP contribution in [-0.4, -0.2) is 16.9 Å². The van der Waals surface area contributed by atoms with E-state index < -0.39 is 0 Å². The Hall–Kier alpha value is -2.89. The predicted molar refractivity (Wildman–Crippen MR) is 91.4 cm³/mol. The molecule has 124 valence electrons. The zero-order valence-electron chi connectivity index (χ0n) is 13.5. The van der Waals surface area contributed by atoms with Crippen molar-refractivity contribution in [2.24, 2.45) is 0 Å². The number of fused-ring (bicyclic) bond motifs is 1. The number of rotatable bonds is 4. The summed E-state index contributed by atoms with van der Waals surface area (Å²) in [5, 5.41) is 8.57. The second-order valence-corrected chi connectivity index (χ2v) is 5.83. The smallest absolute Gasteiger partial charge is 0.315 e. The Morgan fingerprint density at radius 1 is 1.29 bits per heavy atom. The number of urea groups is 1. The first-order valence-corrected chi connectivity index (χ1v) is 7.99. The number of nitrogens with one attached hydrogen (secondary N) is 3. The van der Waals surface area contributed by atoms with E-state index in [0.717, 1.165) is 28.9 Å². The molecule has 0 radical (unpaired) electrons. The number of carbonyl (C=O) groups excluding carboxylic acids is 2. The van der Waals surface area contributed by atoms with Crippen LogP contribution in [0.2, 0.25) is 0 Å². The first-order chi connectivity index (χ1) is 11.6. The summed E-state index contributed by atoms with van der Waals surface area (Å²) < 4.78 is 0. The summed E-state index contributed by atoms with van der Waals surface area (Å²) in [6.45, 7) is 2.32. The predicted octanol–water partition coefficient (Wildman–Crippen LogP) is 2.53. The molecule has 24 heavy (non-hydrogen) atoms. The third-order valence-electron chi connectivity index (χ3n) is 4.03. The van der Waals surface area contributed by atoms with E-state index in [9.17, 15) is 9.59 Å². The van der Waals surface area contributed by atoms with Crippen molar-refractivity contribution >= 4 is 17.6 Å². The van der Waals surface area contributed by atoms with Gasteiger partial charge < -0.3 is 16.0 Å². The van der Waals surface area contributed by atoms with Gasteiger partial charge in [-0.25, -0.2) is 4.79 Å². The minimum atomic E-state index is -0.237. The lowest BCUT2D eigenvalue weighted by molar-refractivity contribution is -0.116. The summed E-state index contributed by atoms with van der Waals surface area (Å²) in [5.41, 5.74) is 3.79. The molecule has 1 aliphatic rings. The highest BCUT2D eigenvalue weighted by Gasteiger charge is 2.17. The van der Waals surface area contributed by atoms with Crippen LogP contribution in [-0.2, 0) is 17.8 Å². The summed E-state index contributed by atoms with van der Waals surface area (Å²) in [6, 6.07) is 11.1. The third-order valence-corrected chi connectivity index (χ3v) is 4.03. The molecule has 0 saturated heterocycles. The summed E-state index contributed by atoms with van der Waals surface area (Å²) in [4.78, 5) is 27.6. The average Bonchev–Trinajstić information content (AvgIpc) is 2.60. The fraction of sp³-hybridized carbons (Fsp3) is 0.278. The Morgan fingerprint density at radius 3 is 2.96 bits per heavy atom. The Balaban J connectivity index is 1.57. The van der Waals surface area contributed by atoms with E-state index >= 15 is 0 Å². The van der Waals surface area contributed by atoms with Crippen LogP contribution in [0, 0.1) is 0 Å². The highest BCUT2D eigenvalue weighted by Crippen LogP contribution is 2.26. The Morgan fingerprint density at radius 2 is 2.17 bits per heavy atom. The normalized spacial score (nSPS) is 14.3. The molecule has 3 amide bonds. The number of carbonyl (C=O) groups is 2. The molecule has 0 unspecified atom stereocenters. The van der Waals surface area contributed by atoms with Crippen LogP contribution in [0.1, 0.15) is 36.2 Å². The van der Waals surface area contributed by atoms with E-state index in [1.165, 1.54) is 0 Å². The molecule has 1 aliphatic heterocycles. The van der Waals surface area contributed by atoms with Crippen LogP contribution < -0.4 is 16.0 Å². The zero-order valence-corrected chi connectivity index (χ0v) is 13.5. The Labute approximate surface area is 140 Å². The van der Waals surface area contributed by atoms with Gasteiger partial charge in [0.2, 0.25) is 5.91 Å². The van der Waals surface area contributed by atoms with Crippen molar-refractivity contribution in [3.63, 3.8) is 0 Å². The topological polar surface area (TPSA) is 83.1 Å². The molecule has 0 spiro atoms. The van der Waals surface area contributed by atoms with Crippen molar-refractivity contribution in [3.05, 3.63) is 59.4 Å². The maximum Gasteiger partial charge on any atom is 0.315 e. The number of hydrogen-bond acceptors (Lipinski definition) is 3. The number of anilines is 1. The SMILES string of the molecule is C[C@@H](NC(=O)NCc1ccccn1)c1ccc2c(c1)CCC(=O)N2.